The Kier molecular flexibility index (Phi) is 7.30. The minimum absolute atomic E-state index is 0.532. The van der Waals surface area contributed by atoms with Gasteiger partial charge in [-0.05, 0) is 18.9 Å². The Morgan fingerprint density at radius 3 is 2.10 bits per heavy atom. The average molecular weight is 345 g/mol. The predicted molar refractivity (Wildman–Crippen MR) is 84.7 cm³/mol. The van der Waals surface area contributed by atoms with Crippen molar-refractivity contribution in [2.24, 2.45) is 0 Å². The second kappa shape index (κ2) is 8.74. The normalized spacial score (nSPS) is 10.7. The lowest BCUT2D eigenvalue weighted by Gasteiger charge is -2.17. The highest BCUT2D eigenvalue weighted by atomic mass is 79.9. The highest BCUT2D eigenvalue weighted by Crippen LogP contribution is 2.46. The van der Waals surface area contributed by atoms with Gasteiger partial charge in [-0.3, -0.25) is 0 Å². The summed E-state index contributed by atoms with van der Waals surface area (Å²) in [6.07, 6.45) is 6.19. The van der Waals surface area contributed by atoms with Crippen molar-refractivity contribution in [1.82, 2.24) is 0 Å². The molecule has 0 aliphatic heterocycles. The van der Waals surface area contributed by atoms with Gasteiger partial charge in [-0.15, -0.1) is 0 Å². The van der Waals surface area contributed by atoms with Crippen molar-refractivity contribution in [2.75, 3.05) is 33.8 Å². The van der Waals surface area contributed by atoms with Gasteiger partial charge in [-0.2, -0.15) is 0 Å². The van der Waals surface area contributed by atoms with Crippen molar-refractivity contribution in [3.63, 3.8) is 0 Å². The van der Waals surface area contributed by atoms with Crippen molar-refractivity contribution >= 4 is 22.0 Å². The Morgan fingerprint density at radius 1 is 0.950 bits per heavy atom. The number of hydrogen-bond donors (Lipinski definition) is 0. The summed E-state index contributed by atoms with van der Waals surface area (Å²) in [6, 6.07) is 1.88. The first-order valence-electron chi connectivity index (χ1n) is 6.32. The summed E-state index contributed by atoms with van der Waals surface area (Å²) >= 11 is 3.41. The Labute approximate surface area is 128 Å². The maximum Gasteiger partial charge on any atom is 0.207 e. The summed E-state index contributed by atoms with van der Waals surface area (Å²) in [5.74, 6) is 2.32. The third kappa shape index (κ3) is 3.82. The molecule has 0 saturated heterocycles. The summed E-state index contributed by atoms with van der Waals surface area (Å²) in [5, 5.41) is 0.990. The molecule has 0 saturated carbocycles. The molecule has 0 amide bonds. The number of allylic oxidation sites excluding steroid dienone is 1. The van der Waals surface area contributed by atoms with Gasteiger partial charge in [0.2, 0.25) is 11.5 Å². The number of halogens is 1. The Balaban J connectivity index is 3.25. The third-order valence-electron chi connectivity index (χ3n) is 2.82. The molecule has 0 aromatic heterocycles. The summed E-state index contributed by atoms with van der Waals surface area (Å²) < 4.78 is 21.5. The van der Waals surface area contributed by atoms with E-state index in [1.165, 1.54) is 0 Å². The molecule has 0 aliphatic carbocycles. The van der Waals surface area contributed by atoms with Gasteiger partial charge in [0.25, 0.3) is 0 Å². The molecule has 0 fully saturated rings. The molecule has 20 heavy (non-hydrogen) atoms. The molecule has 0 spiro atoms. The SMILES string of the molecule is COc1cc(/C=C/CCCBr)c(OC)c(OC)c1OC. The zero-order chi connectivity index (χ0) is 15.0. The lowest BCUT2D eigenvalue weighted by atomic mass is 10.1. The molecule has 1 rings (SSSR count). The average Bonchev–Trinajstić information content (AvgIpc) is 2.49. The smallest absolute Gasteiger partial charge is 0.207 e. The number of hydrogen-bond acceptors (Lipinski definition) is 4. The van der Waals surface area contributed by atoms with Gasteiger partial charge in [0.15, 0.2) is 11.5 Å². The van der Waals surface area contributed by atoms with Crippen LogP contribution in [0.1, 0.15) is 18.4 Å². The fourth-order valence-corrected chi connectivity index (χ4v) is 2.21. The summed E-state index contributed by atoms with van der Waals surface area (Å²) in [5.41, 5.74) is 0.900. The van der Waals surface area contributed by atoms with E-state index in [1.807, 2.05) is 12.1 Å². The number of ether oxygens (including phenoxy) is 4. The van der Waals surface area contributed by atoms with Gasteiger partial charge in [-0.25, -0.2) is 0 Å². The molecule has 4 nitrogen and oxygen atoms in total. The van der Waals surface area contributed by atoms with Crippen molar-refractivity contribution in [1.29, 1.82) is 0 Å². The lowest BCUT2D eigenvalue weighted by Crippen LogP contribution is -1.99. The highest BCUT2D eigenvalue weighted by molar-refractivity contribution is 9.09. The van der Waals surface area contributed by atoms with Gasteiger partial charge in [-0.1, -0.05) is 28.1 Å². The molecule has 0 atom stereocenters. The summed E-state index contributed by atoms with van der Waals surface area (Å²) in [7, 11) is 6.37. The van der Waals surface area contributed by atoms with Crippen LogP contribution in [0.15, 0.2) is 12.1 Å². The van der Waals surface area contributed by atoms with E-state index in [9.17, 15) is 0 Å². The van der Waals surface area contributed by atoms with Crippen LogP contribution in [0.4, 0.5) is 0 Å². The molecule has 0 radical (unpaired) electrons. The number of rotatable bonds is 8. The molecule has 1 aromatic carbocycles. The van der Waals surface area contributed by atoms with E-state index < -0.39 is 0 Å². The quantitative estimate of drug-likeness (QED) is 0.529. The molecule has 0 bridgehead atoms. The molecular weight excluding hydrogens is 324 g/mol. The topological polar surface area (TPSA) is 36.9 Å². The van der Waals surface area contributed by atoms with Crippen molar-refractivity contribution < 1.29 is 18.9 Å². The van der Waals surface area contributed by atoms with E-state index in [2.05, 4.69) is 22.0 Å². The number of alkyl halides is 1. The Bertz CT molecular complexity index is 458. The van der Waals surface area contributed by atoms with Crippen LogP contribution in [-0.2, 0) is 0 Å². The van der Waals surface area contributed by atoms with Crippen molar-refractivity contribution in [3.05, 3.63) is 17.7 Å². The molecular formula is C15H21BrO4. The number of methoxy groups -OCH3 is 4. The Morgan fingerprint density at radius 2 is 1.60 bits per heavy atom. The van der Waals surface area contributed by atoms with E-state index in [4.69, 9.17) is 18.9 Å². The predicted octanol–water partition coefficient (Wildman–Crippen LogP) is 3.91. The first kappa shape index (κ1) is 16.7. The van der Waals surface area contributed by atoms with Crippen LogP contribution in [-0.4, -0.2) is 33.8 Å². The van der Waals surface area contributed by atoms with Gasteiger partial charge < -0.3 is 18.9 Å². The van der Waals surface area contributed by atoms with E-state index in [0.717, 1.165) is 23.7 Å². The highest BCUT2D eigenvalue weighted by Gasteiger charge is 2.20. The summed E-state index contributed by atoms with van der Waals surface area (Å²) in [4.78, 5) is 0. The fraction of sp³-hybridized carbons (Fsp3) is 0.467. The minimum Gasteiger partial charge on any atom is -0.493 e. The molecule has 0 unspecified atom stereocenters. The first-order chi connectivity index (χ1) is 9.73. The standard InChI is InChI=1S/C15H21BrO4/c1-17-12-10-11(8-6-5-7-9-16)13(18-2)15(20-4)14(12)19-3/h6,8,10H,5,7,9H2,1-4H3/b8-6+. The molecule has 112 valence electrons. The third-order valence-corrected chi connectivity index (χ3v) is 3.38. The Hall–Kier alpha value is -1.36. The minimum atomic E-state index is 0.532. The van der Waals surface area contributed by atoms with E-state index in [1.54, 1.807) is 28.4 Å². The van der Waals surface area contributed by atoms with Gasteiger partial charge in [0.05, 0.1) is 28.4 Å². The van der Waals surface area contributed by atoms with Crippen LogP contribution < -0.4 is 18.9 Å². The number of unbranched alkanes of at least 4 members (excludes halogenated alkanes) is 1. The lowest BCUT2D eigenvalue weighted by molar-refractivity contribution is 0.305. The van der Waals surface area contributed by atoms with Gasteiger partial charge in [0, 0.05) is 10.9 Å². The van der Waals surface area contributed by atoms with Crippen LogP contribution in [0.5, 0.6) is 23.0 Å². The van der Waals surface area contributed by atoms with Crippen LogP contribution in [0.2, 0.25) is 0 Å². The fourth-order valence-electron chi connectivity index (χ4n) is 1.89. The van der Waals surface area contributed by atoms with Crippen molar-refractivity contribution in [2.45, 2.75) is 12.8 Å². The largest absolute Gasteiger partial charge is 0.493 e. The first-order valence-corrected chi connectivity index (χ1v) is 7.45. The summed E-state index contributed by atoms with van der Waals surface area (Å²) in [6.45, 7) is 0. The van der Waals surface area contributed by atoms with E-state index in [-0.39, 0.29) is 0 Å². The van der Waals surface area contributed by atoms with Crippen molar-refractivity contribution in [3.8, 4) is 23.0 Å². The molecule has 0 aliphatic rings. The monoisotopic (exact) mass is 344 g/mol. The maximum absolute atomic E-state index is 5.45. The zero-order valence-electron chi connectivity index (χ0n) is 12.4. The maximum atomic E-state index is 5.45. The van der Waals surface area contributed by atoms with Gasteiger partial charge in [0.1, 0.15) is 0 Å². The number of benzene rings is 1. The second-order valence-corrected chi connectivity index (χ2v) is 4.79. The zero-order valence-corrected chi connectivity index (χ0v) is 14.0. The van der Waals surface area contributed by atoms with Gasteiger partial charge >= 0.3 is 0 Å². The second-order valence-electron chi connectivity index (χ2n) is 4.00. The van der Waals surface area contributed by atoms with E-state index in [0.29, 0.717) is 23.0 Å². The van der Waals surface area contributed by atoms with Crippen LogP contribution in [0.25, 0.3) is 6.08 Å². The van der Waals surface area contributed by atoms with Crippen LogP contribution >= 0.6 is 15.9 Å². The molecule has 1 aromatic rings. The molecule has 0 heterocycles. The molecule has 0 N–H and O–H groups in total. The van der Waals surface area contributed by atoms with Crippen LogP contribution in [0.3, 0.4) is 0 Å². The van der Waals surface area contributed by atoms with Crippen LogP contribution in [0, 0.1) is 0 Å². The van der Waals surface area contributed by atoms with E-state index >= 15 is 0 Å². The molecule has 5 heteroatoms.